The van der Waals surface area contributed by atoms with Crippen LogP contribution in [0.5, 0.6) is 0 Å². The Morgan fingerprint density at radius 3 is 3.15 bits per heavy atom. The lowest BCUT2D eigenvalue weighted by Crippen LogP contribution is -2.39. The number of morpholine rings is 1. The molecule has 0 amide bonds. The van der Waals surface area contributed by atoms with E-state index >= 15 is 0 Å². The predicted molar refractivity (Wildman–Crippen MR) is 56.2 cm³/mol. The normalized spacial score (nSPS) is 25.8. The lowest BCUT2D eigenvalue weighted by molar-refractivity contribution is 0.0440. The van der Waals surface area contributed by atoms with Crippen LogP contribution in [0, 0.1) is 5.92 Å². The van der Waals surface area contributed by atoms with Gasteiger partial charge in [0.2, 0.25) is 0 Å². The molecule has 0 saturated carbocycles. The van der Waals surface area contributed by atoms with Gasteiger partial charge in [0.15, 0.2) is 0 Å². The number of ether oxygens (including phenoxy) is 1. The van der Waals surface area contributed by atoms with Gasteiger partial charge < -0.3 is 15.2 Å². The van der Waals surface area contributed by atoms with E-state index in [1.807, 2.05) is 11.8 Å². The Kier molecular flexibility index (Phi) is 5.78. The van der Waals surface area contributed by atoms with Crippen molar-refractivity contribution in [3.05, 3.63) is 0 Å². The number of aliphatic hydroxyl groups excluding tert-OH is 1. The molecule has 0 spiro atoms. The molecule has 2 N–H and O–H groups in total. The SMILES string of the molecule is CC(CO)CSCC1CNCCO1. The Balaban J connectivity index is 1.98. The van der Waals surface area contributed by atoms with Crippen molar-refractivity contribution in [2.45, 2.75) is 13.0 Å². The van der Waals surface area contributed by atoms with E-state index in [1.165, 1.54) is 0 Å². The van der Waals surface area contributed by atoms with E-state index in [1.54, 1.807) is 0 Å². The van der Waals surface area contributed by atoms with Gasteiger partial charge in [-0.05, 0) is 11.7 Å². The average Bonchev–Trinajstić information content (AvgIpc) is 2.19. The highest BCUT2D eigenvalue weighted by Crippen LogP contribution is 2.11. The van der Waals surface area contributed by atoms with Gasteiger partial charge in [0.05, 0.1) is 12.7 Å². The van der Waals surface area contributed by atoms with Crippen molar-refractivity contribution >= 4 is 11.8 Å². The predicted octanol–water partition coefficient (Wildman–Crippen LogP) is 0.336. The van der Waals surface area contributed by atoms with Crippen molar-refractivity contribution in [1.29, 1.82) is 0 Å². The van der Waals surface area contributed by atoms with Crippen LogP contribution < -0.4 is 5.32 Å². The van der Waals surface area contributed by atoms with Gasteiger partial charge in [0.1, 0.15) is 0 Å². The molecule has 13 heavy (non-hydrogen) atoms. The molecule has 1 aliphatic rings. The first-order chi connectivity index (χ1) is 6.33. The van der Waals surface area contributed by atoms with Crippen molar-refractivity contribution in [2.75, 3.05) is 37.8 Å². The van der Waals surface area contributed by atoms with Crippen molar-refractivity contribution in [3.8, 4) is 0 Å². The summed E-state index contributed by atoms with van der Waals surface area (Å²) in [6, 6.07) is 0. The van der Waals surface area contributed by atoms with Gasteiger partial charge in [-0.1, -0.05) is 6.92 Å². The largest absolute Gasteiger partial charge is 0.396 e. The van der Waals surface area contributed by atoms with Gasteiger partial charge in [0.25, 0.3) is 0 Å². The molecular weight excluding hydrogens is 186 g/mol. The maximum atomic E-state index is 8.81. The van der Waals surface area contributed by atoms with Crippen LogP contribution >= 0.6 is 11.8 Å². The Bertz CT molecular complexity index is 129. The highest BCUT2D eigenvalue weighted by atomic mass is 32.2. The number of thioether (sulfide) groups is 1. The highest BCUT2D eigenvalue weighted by Gasteiger charge is 2.13. The van der Waals surface area contributed by atoms with E-state index in [0.717, 1.165) is 31.2 Å². The first kappa shape index (κ1) is 11.3. The minimum Gasteiger partial charge on any atom is -0.396 e. The first-order valence-corrected chi connectivity index (χ1v) is 5.99. The molecule has 0 radical (unpaired) electrons. The molecule has 0 bridgehead atoms. The summed E-state index contributed by atoms with van der Waals surface area (Å²) in [6.07, 6.45) is 0.365. The molecule has 1 heterocycles. The zero-order chi connectivity index (χ0) is 9.52. The van der Waals surface area contributed by atoms with Crippen LogP contribution in [-0.2, 0) is 4.74 Å². The molecule has 2 unspecified atom stereocenters. The van der Waals surface area contributed by atoms with E-state index in [-0.39, 0.29) is 6.61 Å². The fourth-order valence-electron chi connectivity index (χ4n) is 1.18. The molecule has 3 nitrogen and oxygen atoms in total. The first-order valence-electron chi connectivity index (χ1n) is 4.84. The maximum absolute atomic E-state index is 8.81. The van der Waals surface area contributed by atoms with Crippen molar-refractivity contribution in [1.82, 2.24) is 5.32 Å². The van der Waals surface area contributed by atoms with Crippen LogP contribution in [0.4, 0.5) is 0 Å². The summed E-state index contributed by atoms with van der Waals surface area (Å²) in [5.41, 5.74) is 0. The van der Waals surface area contributed by atoms with E-state index in [2.05, 4.69) is 12.2 Å². The van der Waals surface area contributed by atoms with Gasteiger partial charge in [-0.3, -0.25) is 0 Å². The van der Waals surface area contributed by atoms with Crippen LogP contribution in [0.15, 0.2) is 0 Å². The van der Waals surface area contributed by atoms with Gasteiger partial charge in [0, 0.05) is 25.4 Å². The third-order valence-corrected chi connectivity index (χ3v) is 3.43. The summed E-state index contributed by atoms with van der Waals surface area (Å²) in [5.74, 6) is 2.47. The molecule has 0 aromatic rings. The molecule has 1 fully saturated rings. The Morgan fingerprint density at radius 2 is 2.54 bits per heavy atom. The monoisotopic (exact) mass is 205 g/mol. The van der Waals surface area contributed by atoms with E-state index in [4.69, 9.17) is 9.84 Å². The third kappa shape index (κ3) is 4.86. The van der Waals surface area contributed by atoms with Crippen LogP contribution in [0.3, 0.4) is 0 Å². The Morgan fingerprint density at radius 1 is 1.69 bits per heavy atom. The summed E-state index contributed by atoms with van der Waals surface area (Å²) in [5, 5.41) is 12.1. The number of hydrogen-bond acceptors (Lipinski definition) is 4. The van der Waals surface area contributed by atoms with E-state index in [9.17, 15) is 0 Å². The second-order valence-corrected chi connectivity index (χ2v) is 4.60. The minimum atomic E-state index is 0.288. The van der Waals surface area contributed by atoms with Crippen molar-refractivity contribution in [2.24, 2.45) is 5.92 Å². The summed E-state index contributed by atoms with van der Waals surface area (Å²) in [7, 11) is 0. The second-order valence-electron chi connectivity index (χ2n) is 3.52. The lowest BCUT2D eigenvalue weighted by atomic mass is 10.2. The fraction of sp³-hybridized carbons (Fsp3) is 1.00. The third-order valence-electron chi connectivity index (χ3n) is 2.02. The molecule has 0 aromatic heterocycles. The average molecular weight is 205 g/mol. The maximum Gasteiger partial charge on any atom is 0.0790 e. The second kappa shape index (κ2) is 6.65. The molecule has 78 valence electrons. The highest BCUT2D eigenvalue weighted by molar-refractivity contribution is 7.99. The summed E-state index contributed by atoms with van der Waals surface area (Å²) in [4.78, 5) is 0. The van der Waals surface area contributed by atoms with E-state index in [0.29, 0.717) is 12.0 Å². The number of rotatable bonds is 5. The molecule has 1 rings (SSSR count). The number of aliphatic hydroxyl groups is 1. The smallest absolute Gasteiger partial charge is 0.0790 e. The fourth-order valence-corrected chi connectivity index (χ4v) is 2.30. The summed E-state index contributed by atoms with van der Waals surface area (Å²) >= 11 is 1.87. The van der Waals surface area contributed by atoms with Gasteiger partial charge >= 0.3 is 0 Å². The Labute approximate surface area is 84.2 Å². The number of hydrogen-bond donors (Lipinski definition) is 2. The molecule has 0 aromatic carbocycles. The van der Waals surface area contributed by atoms with E-state index < -0.39 is 0 Å². The molecule has 4 heteroatoms. The molecule has 2 atom stereocenters. The van der Waals surface area contributed by atoms with Crippen LogP contribution in [0.2, 0.25) is 0 Å². The molecule has 1 saturated heterocycles. The van der Waals surface area contributed by atoms with Crippen LogP contribution in [0.1, 0.15) is 6.92 Å². The summed E-state index contributed by atoms with van der Waals surface area (Å²) < 4.78 is 5.55. The molecule has 1 aliphatic heterocycles. The minimum absolute atomic E-state index is 0.288. The van der Waals surface area contributed by atoms with Gasteiger partial charge in [-0.25, -0.2) is 0 Å². The van der Waals surface area contributed by atoms with Crippen molar-refractivity contribution in [3.63, 3.8) is 0 Å². The van der Waals surface area contributed by atoms with Crippen molar-refractivity contribution < 1.29 is 9.84 Å². The van der Waals surface area contributed by atoms with Gasteiger partial charge in [-0.2, -0.15) is 11.8 Å². The number of nitrogens with one attached hydrogen (secondary N) is 1. The lowest BCUT2D eigenvalue weighted by Gasteiger charge is -2.23. The summed E-state index contributed by atoms with van der Waals surface area (Å²) in [6.45, 7) is 5.14. The van der Waals surface area contributed by atoms with Crippen LogP contribution in [0.25, 0.3) is 0 Å². The quantitative estimate of drug-likeness (QED) is 0.679. The van der Waals surface area contributed by atoms with Crippen LogP contribution in [-0.4, -0.2) is 49.0 Å². The molecular formula is C9H19NO2S. The standard InChI is InChI=1S/C9H19NO2S/c1-8(5-11)6-13-7-9-4-10-2-3-12-9/h8-11H,2-7H2,1H3. The van der Waals surface area contributed by atoms with Gasteiger partial charge in [-0.15, -0.1) is 0 Å². The zero-order valence-corrected chi connectivity index (χ0v) is 8.98. The molecule has 0 aliphatic carbocycles. The topological polar surface area (TPSA) is 41.5 Å². The Hall–Kier alpha value is 0.230. The zero-order valence-electron chi connectivity index (χ0n) is 8.16.